The third kappa shape index (κ3) is 3.13. The highest BCUT2D eigenvalue weighted by Gasteiger charge is 2.02. The lowest BCUT2D eigenvalue weighted by Crippen LogP contribution is -1.81. The van der Waals surface area contributed by atoms with Crippen molar-refractivity contribution in [1.29, 1.82) is 5.26 Å². The van der Waals surface area contributed by atoms with E-state index >= 15 is 0 Å². The average molecular weight is 281 g/mol. The molecule has 2 aromatic rings. The molecule has 0 aliphatic rings. The number of pyridine rings is 1. The van der Waals surface area contributed by atoms with Crippen LogP contribution in [0, 0.1) is 11.3 Å². The van der Waals surface area contributed by atoms with Crippen LogP contribution in [0.3, 0.4) is 0 Å². The topological polar surface area (TPSA) is 36.7 Å². The first-order chi connectivity index (χ1) is 8.19. The third-order valence-corrected chi connectivity index (χ3v) is 3.68. The van der Waals surface area contributed by atoms with Crippen LogP contribution >= 0.6 is 35.0 Å². The molecule has 2 rings (SSSR count). The van der Waals surface area contributed by atoms with Gasteiger partial charge in [-0.2, -0.15) is 5.26 Å². The maximum atomic E-state index is 8.63. The third-order valence-electron chi connectivity index (χ3n) is 1.98. The molecule has 0 aliphatic carbocycles. The zero-order chi connectivity index (χ0) is 12.3. The van der Waals surface area contributed by atoms with E-state index in [2.05, 4.69) is 4.98 Å². The lowest BCUT2D eigenvalue weighted by atomic mass is 10.4. The molecule has 0 atom stereocenters. The summed E-state index contributed by atoms with van der Waals surface area (Å²) in [6.07, 6.45) is 1.66. The Balaban J connectivity index is 2.20. The molecule has 84 valence electrons. The molecule has 1 aromatic heterocycles. The summed E-state index contributed by atoms with van der Waals surface area (Å²) in [4.78, 5) is 5.92. The summed E-state index contributed by atoms with van der Waals surface area (Å²) < 4.78 is 0. The Morgan fingerprint density at radius 3 is 2.41 bits per heavy atom. The Labute approximate surface area is 113 Å². The summed E-state index contributed by atoms with van der Waals surface area (Å²) in [5.74, 6) is 0. The summed E-state index contributed by atoms with van der Waals surface area (Å²) in [7, 11) is 0. The van der Waals surface area contributed by atoms with Gasteiger partial charge in [-0.3, -0.25) is 0 Å². The minimum atomic E-state index is 0.406. The molecule has 1 aromatic carbocycles. The van der Waals surface area contributed by atoms with Crippen LogP contribution < -0.4 is 0 Å². The molecule has 0 aliphatic heterocycles. The maximum Gasteiger partial charge on any atom is 0.140 e. The van der Waals surface area contributed by atoms with Crippen molar-refractivity contribution in [3.63, 3.8) is 0 Å². The van der Waals surface area contributed by atoms with Crippen LogP contribution in [0.1, 0.15) is 5.69 Å². The van der Waals surface area contributed by atoms with Crippen LogP contribution in [-0.2, 0) is 0 Å². The van der Waals surface area contributed by atoms with Gasteiger partial charge in [0.2, 0.25) is 0 Å². The van der Waals surface area contributed by atoms with Crippen molar-refractivity contribution in [3.05, 3.63) is 52.3 Å². The van der Waals surface area contributed by atoms with Crippen molar-refractivity contribution in [2.75, 3.05) is 0 Å². The van der Waals surface area contributed by atoms with Gasteiger partial charge in [0.25, 0.3) is 0 Å². The van der Waals surface area contributed by atoms with Crippen molar-refractivity contribution >= 4 is 35.0 Å². The van der Waals surface area contributed by atoms with Crippen molar-refractivity contribution in [2.24, 2.45) is 0 Å². The first-order valence-electron chi connectivity index (χ1n) is 4.68. The van der Waals surface area contributed by atoms with E-state index in [9.17, 15) is 0 Å². The Bertz CT molecular complexity index is 576. The predicted octanol–water partition coefficient (Wildman–Crippen LogP) is 4.41. The van der Waals surface area contributed by atoms with Gasteiger partial charge in [-0.15, -0.1) is 0 Å². The van der Waals surface area contributed by atoms with Gasteiger partial charge >= 0.3 is 0 Å². The number of benzene rings is 1. The average Bonchev–Trinajstić information content (AvgIpc) is 2.35. The smallest absolute Gasteiger partial charge is 0.140 e. The fraction of sp³-hybridized carbons (Fsp3) is 0. The molecule has 0 saturated heterocycles. The number of halogens is 2. The highest BCUT2D eigenvalue weighted by molar-refractivity contribution is 7.99. The zero-order valence-electron chi connectivity index (χ0n) is 8.52. The largest absolute Gasteiger partial charge is 0.244 e. The maximum absolute atomic E-state index is 8.63. The van der Waals surface area contributed by atoms with E-state index in [4.69, 9.17) is 28.5 Å². The molecule has 1 heterocycles. The van der Waals surface area contributed by atoms with E-state index in [-0.39, 0.29) is 0 Å². The van der Waals surface area contributed by atoms with Gasteiger partial charge in [0.05, 0.1) is 10.0 Å². The van der Waals surface area contributed by atoms with Gasteiger partial charge in [-0.05, 0) is 30.3 Å². The van der Waals surface area contributed by atoms with Crippen molar-refractivity contribution in [2.45, 2.75) is 9.79 Å². The summed E-state index contributed by atoms with van der Waals surface area (Å²) in [5, 5.41) is 9.70. The normalized spacial score (nSPS) is 9.94. The second-order valence-corrected chi connectivity index (χ2v) is 5.13. The van der Waals surface area contributed by atoms with Gasteiger partial charge < -0.3 is 0 Å². The number of rotatable bonds is 2. The van der Waals surface area contributed by atoms with Crippen molar-refractivity contribution in [1.82, 2.24) is 4.98 Å². The fourth-order valence-corrected chi connectivity index (χ4v) is 2.37. The molecule has 0 bridgehead atoms. The van der Waals surface area contributed by atoms with Gasteiger partial charge in [-0.1, -0.05) is 35.0 Å². The molecule has 0 unspecified atom stereocenters. The van der Waals surface area contributed by atoms with Crippen LogP contribution in [0.5, 0.6) is 0 Å². The highest BCUT2D eigenvalue weighted by Crippen LogP contribution is 2.32. The lowest BCUT2D eigenvalue weighted by Gasteiger charge is -2.02. The number of hydrogen-bond donors (Lipinski definition) is 0. The molecular formula is C12H6Cl2N2S. The fourth-order valence-electron chi connectivity index (χ4n) is 1.18. The molecule has 0 N–H and O–H groups in total. The molecule has 0 fully saturated rings. The molecule has 0 spiro atoms. The number of hydrogen-bond acceptors (Lipinski definition) is 3. The minimum absolute atomic E-state index is 0.406. The van der Waals surface area contributed by atoms with Crippen LogP contribution in [0.25, 0.3) is 0 Å². The van der Waals surface area contributed by atoms with Crippen LogP contribution in [0.2, 0.25) is 10.0 Å². The molecule has 0 saturated carbocycles. The second kappa shape index (κ2) is 5.42. The number of aromatic nitrogens is 1. The number of nitriles is 1. The van der Waals surface area contributed by atoms with Crippen molar-refractivity contribution in [3.8, 4) is 6.07 Å². The summed E-state index contributed by atoms with van der Waals surface area (Å²) in [6.45, 7) is 0. The predicted molar refractivity (Wildman–Crippen MR) is 69.5 cm³/mol. The summed E-state index contributed by atoms with van der Waals surface area (Å²) in [6, 6.07) is 10.9. The van der Waals surface area contributed by atoms with E-state index in [1.807, 2.05) is 18.2 Å². The zero-order valence-corrected chi connectivity index (χ0v) is 10.9. The summed E-state index contributed by atoms with van der Waals surface area (Å²) >= 11 is 13.3. The van der Waals surface area contributed by atoms with E-state index in [1.165, 1.54) is 11.8 Å². The molecule has 0 radical (unpaired) electrons. The van der Waals surface area contributed by atoms with Gasteiger partial charge in [0.1, 0.15) is 11.8 Å². The van der Waals surface area contributed by atoms with E-state index < -0.39 is 0 Å². The van der Waals surface area contributed by atoms with E-state index in [1.54, 1.807) is 24.4 Å². The van der Waals surface area contributed by atoms with Crippen LogP contribution in [-0.4, -0.2) is 4.98 Å². The Hall–Kier alpha value is -1.21. The van der Waals surface area contributed by atoms with Crippen LogP contribution in [0.15, 0.2) is 46.3 Å². The lowest BCUT2D eigenvalue weighted by molar-refractivity contribution is 1.19. The molecule has 5 heteroatoms. The SMILES string of the molecule is N#Cc1ccc(Sc2ccc(Cl)c(Cl)c2)cn1. The Morgan fingerprint density at radius 2 is 1.82 bits per heavy atom. The van der Waals surface area contributed by atoms with E-state index in [0.29, 0.717) is 15.7 Å². The molecule has 17 heavy (non-hydrogen) atoms. The standard InChI is InChI=1S/C12H6Cl2N2S/c13-11-4-3-9(5-12(11)14)17-10-2-1-8(6-15)16-7-10/h1-5,7H. The highest BCUT2D eigenvalue weighted by atomic mass is 35.5. The first-order valence-corrected chi connectivity index (χ1v) is 6.25. The molecular weight excluding hydrogens is 275 g/mol. The van der Waals surface area contributed by atoms with Crippen molar-refractivity contribution < 1.29 is 0 Å². The molecule has 2 nitrogen and oxygen atoms in total. The monoisotopic (exact) mass is 280 g/mol. The van der Waals surface area contributed by atoms with Crippen LogP contribution in [0.4, 0.5) is 0 Å². The van der Waals surface area contributed by atoms with Gasteiger partial charge in [0, 0.05) is 16.0 Å². The van der Waals surface area contributed by atoms with E-state index in [0.717, 1.165) is 9.79 Å². The minimum Gasteiger partial charge on any atom is -0.244 e. The molecule has 0 amide bonds. The Kier molecular flexibility index (Phi) is 3.90. The van der Waals surface area contributed by atoms with Gasteiger partial charge in [0.15, 0.2) is 0 Å². The van der Waals surface area contributed by atoms with Gasteiger partial charge in [-0.25, -0.2) is 4.98 Å². The first kappa shape index (κ1) is 12.3. The quantitative estimate of drug-likeness (QED) is 0.818. The summed E-state index contributed by atoms with van der Waals surface area (Å²) in [5.41, 5.74) is 0.406. The number of nitrogens with zero attached hydrogens (tertiary/aromatic N) is 2. The second-order valence-electron chi connectivity index (χ2n) is 3.17. The Morgan fingerprint density at radius 1 is 1.06 bits per heavy atom.